The van der Waals surface area contributed by atoms with Crippen molar-refractivity contribution in [1.29, 1.82) is 0 Å². The minimum atomic E-state index is 0.0604. The number of nitrogens with zero attached hydrogens (tertiary/aromatic N) is 7. The van der Waals surface area contributed by atoms with E-state index in [1.54, 1.807) is 4.52 Å². The number of aryl methyl sites for hydroxylation is 1. The normalized spacial score (nSPS) is 20.3. The van der Waals surface area contributed by atoms with E-state index < -0.39 is 0 Å². The van der Waals surface area contributed by atoms with Crippen LogP contribution in [0.5, 0.6) is 0 Å². The average Bonchev–Trinajstić information content (AvgIpc) is 3.75. The van der Waals surface area contributed by atoms with Gasteiger partial charge in [0.15, 0.2) is 5.65 Å². The Bertz CT molecular complexity index is 1460. The molecule has 4 aromatic rings. The Labute approximate surface area is 229 Å². The number of hydrogen-bond donors (Lipinski definition) is 1. The molecule has 9 heteroatoms. The maximum Gasteiger partial charge on any atom is 0.326 e. The molecule has 1 N–H and O–H groups in total. The summed E-state index contributed by atoms with van der Waals surface area (Å²) in [7, 11) is 0. The van der Waals surface area contributed by atoms with Crippen LogP contribution in [0.1, 0.15) is 46.1 Å². The van der Waals surface area contributed by atoms with Crippen LogP contribution in [0, 0.1) is 5.92 Å². The molecule has 39 heavy (non-hydrogen) atoms. The topological polar surface area (TPSA) is 85.7 Å². The number of urea groups is 1. The summed E-state index contributed by atoms with van der Waals surface area (Å²) >= 11 is 0. The van der Waals surface area contributed by atoms with Gasteiger partial charge in [0.25, 0.3) is 0 Å². The number of carbonyl (C=O) groups is 1. The van der Waals surface area contributed by atoms with Gasteiger partial charge >= 0.3 is 6.03 Å². The summed E-state index contributed by atoms with van der Waals surface area (Å²) in [6.45, 7) is 12.4. The van der Waals surface area contributed by atoms with Gasteiger partial charge in [0, 0.05) is 30.9 Å². The number of likely N-dealkylation sites (N-methyl/N-ethyl adjacent to an activating group) is 1. The number of benzene rings is 1. The maximum absolute atomic E-state index is 13.8. The van der Waals surface area contributed by atoms with Crippen LogP contribution in [0.3, 0.4) is 0 Å². The number of rotatable bonds is 8. The van der Waals surface area contributed by atoms with Crippen LogP contribution >= 0.6 is 0 Å². The van der Waals surface area contributed by atoms with E-state index >= 15 is 0 Å². The van der Waals surface area contributed by atoms with Gasteiger partial charge in [0.05, 0.1) is 24.1 Å². The second-order valence-corrected chi connectivity index (χ2v) is 11.1. The van der Waals surface area contributed by atoms with Crippen molar-refractivity contribution in [2.45, 2.75) is 59.0 Å². The molecule has 2 amide bonds. The molecular weight excluding hydrogens is 488 g/mol. The second-order valence-electron chi connectivity index (χ2n) is 11.1. The number of carbonyl (C=O) groups excluding carboxylic acids is 1. The maximum atomic E-state index is 13.8. The number of hydrogen-bond acceptors (Lipinski definition) is 5. The summed E-state index contributed by atoms with van der Waals surface area (Å²) in [5, 5.41) is 11.9. The largest absolute Gasteiger partial charge is 0.326 e. The number of nitrogens with one attached hydrogen (secondary N) is 1. The first-order valence-corrected chi connectivity index (χ1v) is 14.3. The van der Waals surface area contributed by atoms with Gasteiger partial charge < -0.3 is 4.90 Å². The Kier molecular flexibility index (Phi) is 6.85. The van der Waals surface area contributed by atoms with Gasteiger partial charge in [0.2, 0.25) is 0 Å². The number of amides is 2. The Morgan fingerprint density at radius 2 is 1.87 bits per heavy atom. The monoisotopic (exact) mass is 526 g/mol. The first kappa shape index (κ1) is 25.6. The van der Waals surface area contributed by atoms with E-state index in [1.165, 1.54) is 12.0 Å². The van der Waals surface area contributed by atoms with Gasteiger partial charge in [-0.1, -0.05) is 52.0 Å². The fourth-order valence-electron chi connectivity index (χ4n) is 6.22. The Hall–Kier alpha value is -3.72. The molecule has 2 atom stereocenters. The summed E-state index contributed by atoms with van der Waals surface area (Å²) in [5.41, 5.74) is 6.08. The van der Waals surface area contributed by atoms with Gasteiger partial charge in [-0.2, -0.15) is 10.2 Å². The van der Waals surface area contributed by atoms with Crippen LogP contribution in [-0.2, 0) is 6.42 Å². The van der Waals surface area contributed by atoms with Crippen molar-refractivity contribution in [1.82, 2.24) is 34.6 Å². The van der Waals surface area contributed by atoms with E-state index in [2.05, 4.69) is 72.2 Å². The quantitative estimate of drug-likeness (QED) is 0.345. The van der Waals surface area contributed by atoms with E-state index in [4.69, 9.17) is 4.98 Å². The zero-order valence-corrected chi connectivity index (χ0v) is 23.3. The predicted octanol–water partition coefficient (Wildman–Crippen LogP) is 5.10. The zero-order chi connectivity index (χ0) is 27.1. The van der Waals surface area contributed by atoms with Crippen molar-refractivity contribution in [2.75, 3.05) is 31.1 Å². The predicted molar refractivity (Wildman–Crippen MR) is 154 cm³/mol. The molecule has 0 radical (unpaired) electrons. The SMILES string of the molecule is CCc1cn[nH]c1-c1ccc(-c2cnn3ccc(N4C(=O)N(C[C@H]5CCCN5CC)C[C@@H]4C(C)C)nc23)cc1. The van der Waals surface area contributed by atoms with E-state index in [-0.39, 0.29) is 12.1 Å². The third-order valence-electron chi connectivity index (χ3n) is 8.51. The Morgan fingerprint density at radius 3 is 2.62 bits per heavy atom. The number of aromatic nitrogens is 5. The van der Waals surface area contributed by atoms with Crippen LogP contribution in [0.15, 0.2) is 48.9 Å². The summed E-state index contributed by atoms with van der Waals surface area (Å²) < 4.78 is 1.79. The molecule has 2 fully saturated rings. The summed E-state index contributed by atoms with van der Waals surface area (Å²) in [5.74, 6) is 1.01. The third kappa shape index (κ3) is 4.58. The molecule has 6 rings (SSSR count). The second kappa shape index (κ2) is 10.4. The van der Waals surface area contributed by atoms with Crippen LogP contribution in [0.2, 0.25) is 0 Å². The van der Waals surface area contributed by atoms with Crippen molar-refractivity contribution < 1.29 is 4.79 Å². The molecule has 204 valence electrons. The standard InChI is InChI=1S/C30H38N8O/c1-5-21-16-31-34-28(21)23-11-9-22(10-12-23)25-17-32-37-15-13-27(33-29(25)37)38-26(20(3)4)19-36(30(38)39)18-24-8-7-14-35(24)6-2/h9-13,15-17,20,24,26H,5-8,14,18-19H2,1-4H3,(H,31,34)/t24-,26-/m1/s1. The fraction of sp³-hybridized carbons (Fsp3) is 0.467. The molecule has 0 bridgehead atoms. The molecule has 2 aliphatic rings. The van der Waals surface area contributed by atoms with Crippen LogP contribution in [0.4, 0.5) is 10.6 Å². The highest BCUT2D eigenvalue weighted by Crippen LogP contribution is 2.32. The number of H-pyrrole nitrogens is 1. The number of anilines is 1. The molecule has 1 aromatic carbocycles. The molecule has 5 heterocycles. The Morgan fingerprint density at radius 1 is 1.08 bits per heavy atom. The van der Waals surface area contributed by atoms with Crippen molar-refractivity contribution in [3.05, 3.63) is 54.5 Å². The number of aromatic amines is 1. The fourth-order valence-corrected chi connectivity index (χ4v) is 6.22. The smallest absolute Gasteiger partial charge is 0.321 e. The summed E-state index contributed by atoms with van der Waals surface area (Å²) in [6.07, 6.45) is 8.95. The highest BCUT2D eigenvalue weighted by atomic mass is 16.2. The summed E-state index contributed by atoms with van der Waals surface area (Å²) in [4.78, 5) is 25.3. The zero-order valence-electron chi connectivity index (χ0n) is 23.3. The molecule has 0 saturated carbocycles. The lowest BCUT2D eigenvalue weighted by Crippen LogP contribution is -2.42. The number of likely N-dealkylation sites (tertiary alicyclic amines) is 1. The van der Waals surface area contributed by atoms with Crippen molar-refractivity contribution in [2.24, 2.45) is 5.92 Å². The van der Waals surface area contributed by atoms with Gasteiger partial charge in [-0.15, -0.1) is 0 Å². The third-order valence-corrected chi connectivity index (χ3v) is 8.51. The highest BCUT2D eigenvalue weighted by Gasteiger charge is 2.42. The molecular formula is C30H38N8O. The first-order chi connectivity index (χ1) is 19.0. The van der Waals surface area contributed by atoms with Crippen molar-refractivity contribution in [3.63, 3.8) is 0 Å². The number of fused-ring (bicyclic) bond motifs is 1. The van der Waals surface area contributed by atoms with Gasteiger partial charge in [-0.05, 0) is 61.0 Å². The lowest BCUT2D eigenvalue weighted by atomic mass is 10.0. The summed E-state index contributed by atoms with van der Waals surface area (Å²) in [6, 6.07) is 10.9. The average molecular weight is 527 g/mol. The van der Waals surface area contributed by atoms with Gasteiger partial charge in [-0.25, -0.2) is 14.3 Å². The van der Waals surface area contributed by atoms with E-state index in [0.29, 0.717) is 17.8 Å². The highest BCUT2D eigenvalue weighted by molar-refractivity contribution is 5.94. The molecule has 3 aromatic heterocycles. The minimum Gasteiger partial charge on any atom is -0.321 e. The van der Waals surface area contributed by atoms with Crippen LogP contribution in [0.25, 0.3) is 28.0 Å². The van der Waals surface area contributed by atoms with Gasteiger partial charge in [0.1, 0.15) is 5.82 Å². The molecule has 2 saturated heterocycles. The minimum absolute atomic E-state index is 0.0604. The van der Waals surface area contributed by atoms with Gasteiger partial charge in [-0.3, -0.25) is 14.9 Å². The lowest BCUT2D eigenvalue weighted by Gasteiger charge is -2.27. The van der Waals surface area contributed by atoms with Crippen LogP contribution in [-0.4, -0.2) is 78.9 Å². The van der Waals surface area contributed by atoms with Crippen LogP contribution < -0.4 is 4.90 Å². The van der Waals surface area contributed by atoms with E-state index in [9.17, 15) is 4.79 Å². The Balaban J connectivity index is 1.30. The van der Waals surface area contributed by atoms with E-state index in [1.807, 2.05) is 34.5 Å². The molecule has 2 aliphatic heterocycles. The van der Waals surface area contributed by atoms with Crippen molar-refractivity contribution in [3.8, 4) is 22.4 Å². The molecule has 0 unspecified atom stereocenters. The lowest BCUT2D eigenvalue weighted by molar-refractivity contribution is 0.186. The molecule has 9 nitrogen and oxygen atoms in total. The molecule has 0 spiro atoms. The van der Waals surface area contributed by atoms with Crippen molar-refractivity contribution >= 4 is 17.5 Å². The van der Waals surface area contributed by atoms with E-state index in [0.717, 1.165) is 67.1 Å². The first-order valence-electron chi connectivity index (χ1n) is 14.3. The molecule has 0 aliphatic carbocycles.